The van der Waals surface area contributed by atoms with Crippen LogP contribution < -0.4 is 0 Å². The zero-order valence-corrected chi connectivity index (χ0v) is 11.8. The van der Waals surface area contributed by atoms with Crippen LogP contribution in [0.5, 0.6) is 0 Å². The summed E-state index contributed by atoms with van der Waals surface area (Å²) in [6.07, 6.45) is 1.32. The van der Waals surface area contributed by atoms with E-state index in [0.29, 0.717) is 6.61 Å². The molecule has 1 heterocycles. The molecule has 0 aromatic rings. The van der Waals surface area contributed by atoms with Crippen molar-refractivity contribution in [3.05, 3.63) is 25.3 Å². The highest BCUT2D eigenvalue weighted by molar-refractivity contribution is 5.81. The maximum Gasteiger partial charge on any atom is 0.330 e. The second-order valence-corrected chi connectivity index (χ2v) is 5.06. The van der Waals surface area contributed by atoms with Crippen LogP contribution >= 0.6 is 0 Å². The maximum atomic E-state index is 11.1. The highest BCUT2D eigenvalue weighted by atomic mass is 16.7. The number of esters is 2. The lowest BCUT2D eigenvalue weighted by molar-refractivity contribution is -0.168. The van der Waals surface area contributed by atoms with E-state index in [1.54, 1.807) is 0 Å². The van der Waals surface area contributed by atoms with Crippen molar-refractivity contribution in [1.29, 1.82) is 0 Å². The Morgan fingerprint density at radius 1 is 1.25 bits per heavy atom. The maximum absolute atomic E-state index is 11.1. The Labute approximate surface area is 118 Å². The van der Waals surface area contributed by atoms with E-state index in [0.717, 1.165) is 12.2 Å². The van der Waals surface area contributed by atoms with Gasteiger partial charge in [0.2, 0.25) is 0 Å². The predicted octanol–water partition coefficient (Wildman–Crippen LogP) is 1.21. The van der Waals surface area contributed by atoms with Crippen LogP contribution in [0.2, 0.25) is 0 Å². The molecule has 0 aromatic heterocycles. The average Bonchev–Trinajstić information content (AvgIpc) is 2.91. The Bertz CT molecular complexity index is 387. The summed E-state index contributed by atoms with van der Waals surface area (Å²) in [5.41, 5.74) is -0.518. The Morgan fingerprint density at radius 2 is 1.85 bits per heavy atom. The number of rotatable bonds is 7. The van der Waals surface area contributed by atoms with Crippen LogP contribution in [-0.4, -0.2) is 44.2 Å². The molecule has 0 N–H and O–H groups in total. The Balaban J connectivity index is 2.41. The second-order valence-electron chi connectivity index (χ2n) is 5.06. The van der Waals surface area contributed by atoms with Crippen LogP contribution in [0.3, 0.4) is 0 Å². The SMILES string of the molecule is C=CC(=O)OCC1COC(C(C)(C)COC(=O)C=C)O1. The van der Waals surface area contributed by atoms with Gasteiger partial charge in [0.15, 0.2) is 6.29 Å². The molecule has 0 radical (unpaired) electrons. The normalized spacial score (nSPS) is 22.1. The van der Waals surface area contributed by atoms with Crippen LogP contribution in [0.25, 0.3) is 0 Å². The number of hydrogen-bond donors (Lipinski definition) is 0. The number of ether oxygens (including phenoxy) is 4. The lowest BCUT2D eigenvalue weighted by Gasteiger charge is -2.29. The van der Waals surface area contributed by atoms with Crippen molar-refractivity contribution in [1.82, 2.24) is 0 Å². The van der Waals surface area contributed by atoms with Crippen molar-refractivity contribution in [2.75, 3.05) is 19.8 Å². The van der Waals surface area contributed by atoms with Crippen LogP contribution in [0.4, 0.5) is 0 Å². The molecule has 1 fully saturated rings. The number of hydrogen-bond acceptors (Lipinski definition) is 6. The predicted molar refractivity (Wildman–Crippen MR) is 70.7 cm³/mol. The third kappa shape index (κ3) is 4.79. The van der Waals surface area contributed by atoms with Gasteiger partial charge in [0.1, 0.15) is 19.3 Å². The van der Waals surface area contributed by atoms with E-state index < -0.39 is 23.6 Å². The van der Waals surface area contributed by atoms with Crippen LogP contribution in [0, 0.1) is 5.41 Å². The summed E-state index contributed by atoms with van der Waals surface area (Å²) in [7, 11) is 0. The largest absolute Gasteiger partial charge is 0.462 e. The van der Waals surface area contributed by atoms with E-state index in [2.05, 4.69) is 13.2 Å². The van der Waals surface area contributed by atoms with Gasteiger partial charge in [0.25, 0.3) is 0 Å². The molecular weight excluding hydrogens is 264 g/mol. The molecule has 112 valence electrons. The highest BCUT2D eigenvalue weighted by Crippen LogP contribution is 2.30. The Kier molecular flexibility index (Phi) is 5.91. The van der Waals surface area contributed by atoms with E-state index in [1.165, 1.54) is 0 Å². The van der Waals surface area contributed by atoms with Crippen LogP contribution in [0.15, 0.2) is 25.3 Å². The first-order chi connectivity index (χ1) is 9.39. The lowest BCUT2D eigenvalue weighted by Crippen LogP contribution is -2.36. The van der Waals surface area contributed by atoms with Gasteiger partial charge in [-0.2, -0.15) is 0 Å². The first-order valence-electron chi connectivity index (χ1n) is 6.24. The molecule has 0 amide bonds. The van der Waals surface area contributed by atoms with Gasteiger partial charge in [-0.15, -0.1) is 0 Å². The standard InChI is InChI=1S/C14H20O6/c1-5-11(15)17-7-10-8-18-13(20-10)14(3,4)9-19-12(16)6-2/h5-6,10,13H,1-2,7-9H2,3-4H3. The van der Waals surface area contributed by atoms with Gasteiger partial charge in [0, 0.05) is 17.6 Å². The minimum atomic E-state index is -0.535. The smallest absolute Gasteiger partial charge is 0.330 e. The minimum absolute atomic E-state index is 0.101. The van der Waals surface area contributed by atoms with Gasteiger partial charge in [-0.3, -0.25) is 0 Å². The molecule has 0 spiro atoms. The van der Waals surface area contributed by atoms with Crippen LogP contribution in [0.1, 0.15) is 13.8 Å². The van der Waals surface area contributed by atoms with Crippen molar-refractivity contribution in [3.63, 3.8) is 0 Å². The van der Waals surface area contributed by atoms with E-state index >= 15 is 0 Å². The molecule has 2 atom stereocenters. The third-order valence-corrected chi connectivity index (χ3v) is 2.72. The van der Waals surface area contributed by atoms with Gasteiger partial charge >= 0.3 is 11.9 Å². The fraction of sp³-hybridized carbons (Fsp3) is 0.571. The van der Waals surface area contributed by atoms with Crippen molar-refractivity contribution in [2.24, 2.45) is 5.41 Å². The minimum Gasteiger partial charge on any atom is -0.462 e. The molecule has 1 aliphatic heterocycles. The molecule has 0 aliphatic carbocycles. The summed E-state index contributed by atoms with van der Waals surface area (Å²) >= 11 is 0. The lowest BCUT2D eigenvalue weighted by atomic mass is 9.94. The van der Waals surface area contributed by atoms with E-state index in [1.807, 2.05) is 13.8 Å². The van der Waals surface area contributed by atoms with Gasteiger partial charge in [0.05, 0.1) is 6.61 Å². The molecule has 1 aliphatic rings. The molecule has 20 heavy (non-hydrogen) atoms. The number of carbonyl (C=O) groups excluding carboxylic acids is 2. The summed E-state index contributed by atoms with van der Waals surface area (Å²) in [5, 5.41) is 0. The van der Waals surface area contributed by atoms with E-state index in [9.17, 15) is 9.59 Å². The average molecular weight is 284 g/mol. The van der Waals surface area contributed by atoms with Gasteiger partial charge in [-0.05, 0) is 0 Å². The zero-order chi connectivity index (χ0) is 15.2. The molecule has 1 rings (SSSR count). The molecule has 0 aromatic carbocycles. The zero-order valence-electron chi connectivity index (χ0n) is 11.8. The van der Waals surface area contributed by atoms with Crippen molar-refractivity contribution in [3.8, 4) is 0 Å². The Morgan fingerprint density at radius 3 is 2.45 bits per heavy atom. The quantitative estimate of drug-likeness (QED) is 0.517. The first-order valence-corrected chi connectivity index (χ1v) is 6.24. The van der Waals surface area contributed by atoms with Crippen molar-refractivity contribution in [2.45, 2.75) is 26.2 Å². The molecule has 2 unspecified atom stereocenters. The summed E-state index contributed by atoms with van der Waals surface area (Å²) in [6.45, 7) is 10.9. The van der Waals surface area contributed by atoms with Crippen LogP contribution in [-0.2, 0) is 28.5 Å². The highest BCUT2D eigenvalue weighted by Gasteiger charge is 2.39. The fourth-order valence-corrected chi connectivity index (χ4v) is 1.56. The second kappa shape index (κ2) is 7.21. The Hall–Kier alpha value is -1.66. The summed E-state index contributed by atoms with van der Waals surface area (Å²) in [6, 6.07) is 0. The van der Waals surface area contributed by atoms with Gasteiger partial charge < -0.3 is 18.9 Å². The number of carbonyl (C=O) groups is 2. The third-order valence-electron chi connectivity index (χ3n) is 2.72. The monoisotopic (exact) mass is 284 g/mol. The molecule has 6 heteroatoms. The topological polar surface area (TPSA) is 71.1 Å². The molecule has 0 saturated carbocycles. The van der Waals surface area contributed by atoms with Crippen molar-refractivity contribution < 1.29 is 28.5 Å². The van der Waals surface area contributed by atoms with E-state index in [4.69, 9.17) is 18.9 Å². The van der Waals surface area contributed by atoms with E-state index in [-0.39, 0.29) is 19.3 Å². The molecule has 1 saturated heterocycles. The summed E-state index contributed by atoms with van der Waals surface area (Å²) in [4.78, 5) is 22.0. The summed E-state index contributed by atoms with van der Waals surface area (Å²) < 4.78 is 21.0. The fourth-order valence-electron chi connectivity index (χ4n) is 1.56. The molecule has 0 bridgehead atoms. The summed E-state index contributed by atoms with van der Waals surface area (Å²) in [5.74, 6) is -0.997. The first kappa shape index (κ1) is 16.4. The van der Waals surface area contributed by atoms with Gasteiger partial charge in [-0.25, -0.2) is 9.59 Å². The molecule has 6 nitrogen and oxygen atoms in total. The molecular formula is C14H20O6. The van der Waals surface area contributed by atoms with Gasteiger partial charge in [-0.1, -0.05) is 27.0 Å². The van der Waals surface area contributed by atoms with Crippen molar-refractivity contribution >= 4 is 11.9 Å².